The molecule has 0 unspecified atom stereocenters. The number of carbonyl (C=O) groups is 1. The number of nitrogens with zero attached hydrogens (tertiary/aromatic N) is 2. The van der Waals surface area contributed by atoms with Crippen LogP contribution in [0.5, 0.6) is 0 Å². The molecule has 0 aliphatic carbocycles. The first kappa shape index (κ1) is 11.9. The molecule has 2 heterocycles. The summed E-state index contributed by atoms with van der Waals surface area (Å²) in [5.74, 6) is 0.460. The first-order chi connectivity index (χ1) is 9.36. The number of aromatic nitrogens is 2. The average molecular weight is 268 g/mol. The lowest BCUT2D eigenvalue weighted by Crippen LogP contribution is -2.03. The Morgan fingerprint density at radius 2 is 2.00 bits per heavy atom. The predicted octanol–water partition coefficient (Wildman–Crippen LogP) is 3.47. The maximum atomic E-state index is 10.8. The molecule has 19 heavy (non-hydrogen) atoms. The van der Waals surface area contributed by atoms with Crippen molar-refractivity contribution in [2.24, 2.45) is 0 Å². The maximum Gasteiger partial charge on any atom is 0.185 e. The molecule has 3 rings (SSSR count). The molecule has 0 fully saturated rings. The zero-order valence-electron chi connectivity index (χ0n) is 10.2. The Balaban J connectivity index is 1.82. The molecule has 0 aliphatic rings. The largest absolute Gasteiger partial charge is 0.324 e. The van der Waals surface area contributed by atoms with Crippen molar-refractivity contribution in [3.8, 4) is 11.1 Å². The number of benzene rings is 1. The third kappa shape index (κ3) is 2.48. The SMILES string of the molecule is O=Cc1nccn1Cc1ccc(-c2ccsc2)cc1. The average Bonchev–Trinajstić information content (AvgIpc) is 3.10. The van der Waals surface area contributed by atoms with Crippen molar-refractivity contribution < 1.29 is 4.79 Å². The van der Waals surface area contributed by atoms with E-state index < -0.39 is 0 Å². The van der Waals surface area contributed by atoms with Gasteiger partial charge in [0.15, 0.2) is 12.1 Å². The second-order valence-electron chi connectivity index (χ2n) is 4.24. The number of thiophene rings is 1. The van der Waals surface area contributed by atoms with E-state index in [9.17, 15) is 4.79 Å². The van der Waals surface area contributed by atoms with Crippen LogP contribution in [-0.2, 0) is 6.54 Å². The van der Waals surface area contributed by atoms with Gasteiger partial charge in [-0.05, 0) is 33.5 Å². The van der Waals surface area contributed by atoms with Gasteiger partial charge in [-0.25, -0.2) is 4.98 Å². The first-order valence-corrected chi connectivity index (χ1v) is 6.89. The van der Waals surface area contributed by atoms with Crippen LogP contribution in [-0.4, -0.2) is 15.8 Å². The van der Waals surface area contributed by atoms with Crippen molar-refractivity contribution in [3.63, 3.8) is 0 Å². The molecule has 0 amide bonds. The van der Waals surface area contributed by atoms with Crippen LogP contribution in [0.2, 0.25) is 0 Å². The predicted molar refractivity (Wildman–Crippen MR) is 76.5 cm³/mol. The Morgan fingerprint density at radius 3 is 2.68 bits per heavy atom. The highest BCUT2D eigenvalue weighted by molar-refractivity contribution is 7.08. The number of hydrogen-bond acceptors (Lipinski definition) is 3. The minimum absolute atomic E-state index is 0.460. The molecule has 3 nitrogen and oxygen atoms in total. The van der Waals surface area contributed by atoms with Gasteiger partial charge in [-0.2, -0.15) is 11.3 Å². The van der Waals surface area contributed by atoms with Crippen LogP contribution in [0.25, 0.3) is 11.1 Å². The van der Waals surface area contributed by atoms with Crippen LogP contribution in [0.1, 0.15) is 16.2 Å². The molecule has 3 aromatic rings. The Kier molecular flexibility index (Phi) is 3.25. The number of imidazole rings is 1. The van der Waals surface area contributed by atoms with Gasteiger partial charge in [0, 0.05) is 18.9 Å². The molecule has 0 N–H and O–H groups in total. The fourth-order valence-electron chi connectivity index (χ4n) is 2.00. The Bertz CT molecular complexity index is 669. The van der Waals surface area contributed by atoms with E-state index >= 15 is 0 Å². The lowest BCUT2D eigenvalue weighted by Gasteiger charge is -2.05. The van der Waals surface area contributed by atoms with E-state index in [-0.39, 0.29) is 0 Å². The van der Waals surface area contributed by atoms with Gasteiger partial charge in [-0.1, -0.05) is 24.3 Å². The molecule has 0 spiro atoms. The number of carbonyl (C=O) groups excluding carboxylic acids is 1. The topological polar surface area (TPSA) is 34.9 Å². The van der Waals surface area contributed by atoms with E-state index in [2.05, 4.69) is 46.1 Å². The van der Waals surface area contributed by atoms with Crippen LogP contribution in [0.4, 0.5) is 0 Å². The molecule has 0 atom stereocenters. The molecular formula is C15H12N2OS. The summed E-state index contributed by atoms with van der Waals surface area (Å²) in [5, 5.41) is 4.21. The van der Waals surface area contributed by atoms with Gasteiger partial charge in [0.1, 0.15) is 0 Å². The third-order valence-electron chi connectivity index (χ3n) is 3.01. The fourth-order valence-corrected chi connectivity index (χ4v) is 2.67. The number of rotatable bonds is 4. The highest BCUT2D eigenvalue weighted by atomic mass is 32.1. The van der Waals surface area contributed by atoms with E-state index in [1.807, 2.05) is 10.8 Å². The van der Waals surface area contributed by atoms with Gasteiger partial charge in [-0.3, -0.25) is 4.79 Å². The standard InChI is InChI=1S/C15H12N2OS/c18-10-15-16-6-7-17(15)9-12-1-3-13(4-2-12)14-5-8-19-11-14/h1-8,10-11H,9H2. The summed E-state index contributed by atoms with van der Waals surface area (Å²) >= 11 is 1.70. The van der Waals surface area contributed by atoms with Crippen molar-refractivity contribution >= 4 is 17.6 Å². The van der Waals surface area contributed by atoms with E-state index in [0.29, 0.717) is 12.4 Å². The van der Waals surface area contributed by atoms with E-state index in [1.165, 1.54) is 11.1 Å². The van der Waals surface area contributed by atoms with Crippen molar-refractivity contribution in [1.29, 1.82) is 0 Å². The van der Waals surface area contributed by atoms with Gasteiger partial charge < -0.3 is 4.57 Å². The van der Waals surface area contributed by atoms with Gasteiger partial charge in [0.05, 0.1) is 0 Å². The van der Waals surface area contributed by atoms with Crippen LogP contribution < -0.4 is 0 Å². The minimum Gasteiger partial charge on any atom is -0.324 e. The highest BCUT2D eigenvalue weighted by Gasteiger charge is 2.03. The summed E-state index contributed by atoms with van der Waals surface area (Å²) in [4.78, 5) is 14.8. The zero-order valence-corrected chi connectivity index (χ0v) is 11.0. The van der Waals surface area contributed by atoms with Gasteiger partial charge in [-0.15, -0.1) is 0 Å². The van der Waals surface area contributed by atoms with Gasteiger partial charge in [0.25, 0.3) is 0 Å². The number of aldehydes is 1. The Morgan fingerprint density at radius 1 is 1.16 bits per heavy atom. The molecule has 94 valence electrons. The third-order valence-corrected chi connectivity index (χ3v) is 3.70. The first-order valence-electron chi connectivity index (χ1n) is 5.94. The van der Waals surface area contributed by atoms with Gasteiger partial charge in [0.2, 0.25) is 0 Å². The summed E-state index contributed by atoms with van der Waals surface area (Å²) in [5.41, 5.74) is 3.61. The summed E-state index contributed by atoms with van der Waals surface area (Å²) in [6, 6.07) is 10.5. The Labute approximate surface area is 115 Å². The number of hydrogen-bond donors (Lipinski definition) is 0. The highest BCUT2D eigenvalue weighted by Crippen LogP contribution is 2.22. The maximum absolute atomic E-state index is 10.8. The van der Waals surface area contributed by atoms with Crippen molar-refractivity contribution in [2.45, 2.75) is 6.54 Å². The normalized spacial score (nSPS) is 10.5. The molecular weight excluding hydrogens is 256 g/mol. The summed E-state index contributed by atoms with van der Waals surface area (Å²) in [6.45, 7) is 0.665. The summed E-state index contributed by atoms with van der Waals surface area (Å²) in [7, 11) is 0. The molecule has 0 saturated carbocycles. The summed E-state index contributed by atoms with van der Waals surface area (Å²) < 4.78 is 1.84. The monoisotopic (exact) mass is 268 g/mol. The lowest BCUT2D eigenvalue weighted by molar-refractivity contribution is 0.111. The van der Waals surface area contributed by atoms with E-state index in [1.54, 1.807) is 17.5 Å². The summed E-state index contributed by atoms with van der Waals surface area (Å²) in [6.07, 6.45) is 4.24. The smallest absolute Gasteiger partial charge is 0.185 e. The lowest BCUT2D eigenvalue weighted by atomic mass is 10.1. The van der Waals surface area contributed by atoms with Crippen molar-refractivity contribution in [2.75, 3.05) is 0 Å². The molecule has 0 bridgehead atoms. The molecule has 0 radical (unpaired) electrons. The van der Waals surface area contributed by atoms with Crippen molar-refractivity contribution in [3.05, 3.63) is 64.9 Å². The molecule has 0 aliphatic heterocycles. The molecule has 1 aromatic carbocycles. The zero-order chi connectivity index (χ0) is 13.1. The van der Waals surface area contributed by atoms with Crippen LogP contribution >= 0.6 is 11.3 Å². The van der Waals surface area contributed by atoms with Crippen LogP contribution in [0.3, 0.4) is 0 Å². The Hall–Kier alpha value is -2.20. The van der Waals surface area contributed by atoms with E-state index in [4.69, 9.17) is 0 Å². The molecule has 4 heteroatoms. The minimum atomic E-state index is 0.460. The molecule has 0 saturated heterocycles. The quantitative estimate of drug-likeness (QED) is 0.679. The van der Waals surface area contributed by atoms with Crippen LogP contribution in [0.15, 0.2) is 53.5 Å². The van der Waals surface area contributed by atoms with E-state index in [0.717, 1.165) is 11.8 Å². The fraction of sp³-hybridized carbons (Fsp3) is 0.0667. The van der Waals surface area contributed by atoms with Gasteiger partial charge >= 0.3 is 0 Å². The second kappa shape index (κ2) is 5.20. The molecule has 2 aromatic heterocycles. The second-order valence-corrected chi connectivity index (χ2v) is 5.02. The van der Waals surface area contributed by atoms with Crippen molar-refractivity contribution in [1.82, 2.24) is 9.55 Å². The van der Waals surface area contributed by atoms with Crippen LogP contribution in [0, 0.1) is 0 Å².